The van der Waals surface area contributed by atoms with Gasteiger partial charge in [-0.05, 0) is 12.5 Å². The van der Waals surface area contributed by atoms with E-state index in [-0.39, 0.29) is 10.7 Å². The average molecular weight is 267 g/mol. The Morgan fingerprint density at radius 3 is 2.78 bits per heavy atom. The highest BCUT2D eigenvalue weighted by Gasteiger charge is 2.27. The Labute approximate surface area is 113 Å². The Bertz CT molecular complexity index is 453. The zero-order valence-corrected chi connectivity index (χ0v) is 12.1. The predicted octanol–water partition coefficient (Wildman–Crippen LogP) is 1.97. The van der Waals surface area contributed by atoms with Gasteiger partial charge < -0.3 is 15.2 Å². The molecule has 1 aliphatic rings. The van der Waals surface area contributed by atoms with Crippen molar-refractivity contribution >= 4 is 23.4 Å². The van der Waals surface area contributed by atoms with Gasteiger partial charge in [0.15, 0.2) is 0 Å². The van der Waals surface area contributed by atoms with Gasteiger partial charge in [-0.15, -0.1) is 0 Å². The molecule has 2 rings (SSSR count). The summed E-state index contributed by atoms with van der Waals surface area (Å²) in [5, 5.41) is 0. The summed E-state index contributed by atoms with van der Waals surface area (Å²) >= 11 is 1.94. The molecule has 0 unspecified atom stereocenters. The van der Waals surface area contributed by atoms with Crippen LogP contribution in [0.4, 0.5) is 5.69 Å². The fraction of sp³-hybridized carbons (Fsp3) is 0.615. The van der Waals surface area contributed by atoms with E-state index < -0.39 is 0 Å². The molecule has 1 saturated heterocycles. The Kier molecular flexibility index (Phi) is 3.61. The number of hydrogen-bond acceptors (Lipinski definition) is 3. The lowest BCUT2D eigenvalue weighted by atomic mass is 10.1. The Balaban J connectivity index is 2.12. The number of nitrogens with two attached hydrogens (primary N) is 1. The molecule has 0 atom stereocenters. The van der Waals surface area contributed by atoms with E-state index in [1.165, 1.54) is 0 Å². The molecular formula is C13H21N3OS. The van der Waals surface area contributed by atoms with E-state index in [9.17, 15) is 4.79 Å². The third kappa shape index (κ3) is 2.83. The van der Waals surface area contributed by atoms with E-state index in [1.807, 2.05) is 23.7 Å². The van der Waals surface area contributed by atoms with Gasteiger partial charge in [0.05, 0.1) is 5.69 Å². The molecule has 1 aliphatic heterocycles. The van der Waals surface area contributed by atoms with E-state index in [2.05, 4.69) is 13.8 Å². The van der Waals surface area contributed by atoms with E-state index in [0.29, 0.717) is 11.4 Å². The second-order valence-corrected chi connectivity index (χ2v) is 7.22. The highest BCUT2D eigenvalue weighted by atomic mass is 32.2. The molecular weight excluding hydrogens is 246 g/mol. The average Bonchev–Trinajstić information content (AvgIpc) is 2.50. The number of aryl methyl sites for hydroxylation is 1. The standard InChI is InChI=1S/C13H21N3OS/c1-13(2)4-5-16(6-7-18-13)12(17)11-8-10(14)9-15(11)3/h8-9H,4-7,14H2,1-3H3. The molecule has 0 saturated carbocycles. The van der Waals surface area contributed by atoms with Crippen molar-refractivity contribution in [2.75, 3.05) is 24.6 Å². The Morgan fingerprint density at radius 2 is 2.17 bits per heavy atom. The lowest BCUT2D eigenvalue weighted by Crippen LogP contribution is -2.34. The van der Waals surface area contributed by atoms with Gasteiger partial charge >= 0.3 is 0 Å². The number of amides is 1. The number of hydrogen-bond donors (Lipinski definition) is 1. The van der Waals surface area contributed by atoms with Gasteiger partial charge in [0.25, 0.3) is 5.91 Å². The van der Waals surface area contributed by atoms with Gasteiger partial charge in [-0.3, -0.25) is 4.79 Å². The van der Waals surface area contributed by atoms with Crippen molar-refractivity contribution in [3.63, 3.8) is 0 Å². The number of carbonyl (C=O) groups excluding carboxylic acids is 1. The van der Waals surface area contributed by atoms with Crippen LogP contribution >= 0.6 is 11.8 Å². The van der Waals surface area contributed by atoms with Gasteiger partial charge in [-0.1, -0.05) is 13.8 Å². The molecule has 0 spiro atoms. The quantitative estimate of drug-likeness (QED) is 0.846. The fourth-order valence-corrected chi connectivity index (χ4v) is 3.29. The number of rotatable bonds is 1. The van der Waals surface area contributed by atoms with Crippen molar-refractivity contribution in [3.8, 4) is 0 Å². The van der Waals surface area contributed by atoms with E-state index >= 15 is 0 Å². The molecule has 5 heteroatoms. The highest BCUT2D eigenvalue weighted by molar-refractivity contribution is 8.00. The van der Waals surface area contributed by atoms with Gasteiger partial charge in [-0.25, -0.2) is 0 Å². The molecule has 4 nitrogen and oxygen atoms in total. The maximum Gasteiger partial charge on any atom is 0.270 e. The Hall–Kier alpha value is -1.10. The molecule has 2 heterocycles. The summed E-state index contributed by atoms with van der Waals surface area (Å²) in [6, 6.07) is 1.76. The smallest absolute Gasteiger partial charge is 0.270 e. The monoisotopic (exact) mass is 267 g/mol. The van der Waals surface area contributed by atoms with E-state index in [0.717, 1.165) is 25.3 Å². The summed E-state index contributed by atoms with van der Waals surface area (Å²) in [6.45, 7) is 6.13. The molecule has 0 bridgehead atoms. The van der Waals surface area contributed by atoms with Crippen LogP contribution in [0.15, 0.2) is 12.3 Å². The molecule has 2 N–H and O–H groups in total. The first kappa shape index (κ1) is 13.3. The van der Waals surface area contributed by atoms with Crippen LogP contribution in [-0.2, 0) is 7.05 Å². The molecule has 1 aromatic heterocycles. The van der Waals surface area contributed by atoms with Crippen molar-refractivity contribution in [2.24, 2.45) is 7.05 Å². The lowest BCUT2D eigenvalue weighted by molar-refractivity contribution is 0.0755. The summed E-state index contributed by atoms with van der Waals surface area (Å²) < 4.78 is 2.07. The van der Waals surface area contributed by atoms with Crippen LogP contribution in [-0.4, -0.2) is 39.0 Å². The van der Waals surface area contributed by atoms with Crippen molar-refractivity contribution in [1.82, 2.24) is 9.47 Å². The molecule has 0 aromatic carbocycles. The van der Waals surface area contributed by atoms with Crippen molar-refractivity contribution < 1.29 is 4.79 Å². The van der Waals surface area contributed by atoms with Crippen LogP contribution in [0, 0.1) is 0 Å². The number of thioether (sulfide) groups is 1. The van der Waals surface area contributed by atoms with E-state index in [4.69, 9.17) is 5.73 Å². The fourth-order valence-electron chi connectivity index (χ4n) is 2.19. The van der Waals surface area contributed by atoms with Crippen molar-refractivity contribution in [2.45, 2.75) is 25.0 Å². The molecule has 100 valence electrons. The maximum atomic E-state index is 12.4. The number of anilines is 1. The minimum atomic E-state index is 0.0903. The molecule has 0 aliphatic carbocycles. The van der Waals surface area contributed by atoms with Crippen LogP contribution in [0.5, 0.6) is 0 Å². The van der Waals surface area contributed by atoms with Crippen molar-refractivity contribution in [1.29, 1.82) is 0 Å². The zero-order valence-electron chi connectivity index (χ0n) is 11.3. The minimum Gasteiger partial charge on any atom is -0.397 e. The molecule has 1 fully saturated rings. The zero-order chi connectivity index (χ0) is 13.3. The summed E-state index contributed by atoms with van der Waals surface area (Å²) in [4.78, 5) is 14.4. The molecule has 18 heavy (non-hydrogen) atoms. The van der Waals surface area contributed by atoms with Crippen LogP contribution in [0.1, 0.15) is 30.8 Å². The lowest BCUT2D eigenvalue weighted by Gasteiger charge is -2.22. The third-order valence-electron chi connectivity index (χ3n) is 3.37. The van der Waals surface area contributed by atoms with Gasteiger partial charge in [0, 0.05) is 36.8 Å². The molecule has 1 aromatic rings. The van der Waals surface area contributed by atoms with Crippen LogP contribution in [0.3, 0.4) is 0 Å². The van der Waals surface area contributed by atoms with E-state index in [1.54, 1.807) is 16.8 Å². The number of nitrogens with zero attached hydrogens (tertiary/aromatic N) is 2. The second kappa shape index (κ2) is 4.88. The predicted molar refractivity (Wildman–Crippen MR) is 76.9 cm³/mol. The van der Waals surface area contributed by atoms with Crippen LogP contribution in [0.25, 0.3) is 0 Å². The number of aromatic nitrogens is 1. The first-order valence-corrected chi connectivity index (χ1v) is 7.23. The highest BCUT2D eigenvalue weighted by Crippen LogP contribution is 2.31. The first-order chi connectivity index (χ1) is 8.39. The van der Waals surface area contributed by atoms with Gasteiger partial charge in [0.1, 0.15) is 5.69 Å². The topological polar surface area (TPSA) is 51.3 Å². The van der Waals surface area contributed by atoms with Gasteiger partial charge in [0.2, 0.25) is 0 Å². The second-order valence-electron chi connectivity index (χ2n) is 5.42. The summed E-state index contributed by atoms with van der Waals surface area (Å²) in [5.41, 5.74) is 7.05. The third-order valence-corrected chi connectivity index (χ3v) is 4.74. The normalized spacial score (nSPS) is 19.6. The Morgan fingerprint density at radius 1 is 1.44 bits per heavy atom. The van der Waals surface area contributed by atoms with Crippen LogP contribution in [0.2, 0.25) is 0 Å². The van der Waals surface area contributed by atoms with Crippen LogP contribution < -0.4 is 5.73 Å². The van der Waals surface area contributed by atoms with Crippen molar-refractivity contribution in [3.05, 3.63) is 18.0 Å². The first-order valence-electron chi connectivity index (χ1n) is 6.24. The number of carbonyl (C=O) groups is 1. The summed E-state index contributed by atoms with van der Waals surface area (Å²) in [5.74, 6) is 1.09. The summed E-state index contributed by atoms with van der Waals surface area (Å²) in [7, 11) is 1.86. The molecule has 1 amide bonds. The SMILES string of the molecule is Cn1cc(N)cc1C(=O)N1CCSC(C)(C)CC1. The number of nitrogen functional groups attached to an aromatic ring is 1. The van der Waals surface area contributed by atoms with Gasteiger partial charge in [-0.2, -0.15) is 11.8 Å². The largest absolute Gasteiger partial charge is 0.397 e. The maximum absolute atomic E-state index is 12.4. The summed E-state index contributed by atoms with van der Waals surface area (Å²) in [6.07, 6.45) is 2.81. The minimum absolute atomic E-state index is 0.0903. The molecule has 0 radical (unpaired) electrons.